The van der Waals surface area contributed by atoms with Crippen molar-refractivity contribution in [2.45, 2.75) is 12.5 Å². The zero-order valence-corrected chi connectivity index (χ0v) is 12.3. The molecule has 0 saturated heterocycles. The molecular weight excluding hydrogens is 314 g/mol. The maximum Gasteiger partial charge on any atom is 0.241 e. The normalized spacial score (nSPS) is 11.7. The number of benzene rings is 1. The number of nitriles is 1. The van der Waals surface area contributed by atoms with Crippen molar-refractivity contribution in [3.05, 3.63) is 28.2 Å². The van der Waals surface area contributed by atoms with E-state index in [1.807, 2.05) is 12.3 Å². The maximum absolute atomic E-state index is 11.8. The standard InChI is InChI=1S/C12H14BrN3OS/c1-18-5-4-10(15)12(17)16-11-3-2-9(13)6-8(11)7-14/h2-3,6,10H,4-5,15H2,1H3,(H,16,17)/t10-/m0/s1. The second kappa shape index (κ2) is 7.41. The largest absolute Gasteiger partial charge is 0.324 e. The van der Waals surface area contributed by atoms with Gasteiger partial charge in [-0.1, -0.05) is 15.9 Å². The third-order valence-electron chi connectivity index (χ3n) is 2.33. The van der Waals surface area contributed by atoms with E-state index in [9.17, 15) is 4.79 Å². The van der Waals surface area contributed by atoms with Crippen LogP contribution in [0.1, 0.15) is 12.0 Å². The molecule has 1 atom stereocenters. The minimum Gasteiger partial charge on any atom is -0.324 e. The van der Waals surface area contributed by atoms with E-state index in [1.54, 1.807) is 30.0 Å². The summed E-state index contributed by atoms with van der Waals surface area (Å²) in [6.07, 6.45) is 2.58. The third kappa shape index (κ3) is 4.33. The molecule has 1 aromatic carbocycles. The number of nitrogens with one attached hydrogen (secondary N) is 1. The smallest absolute Gasteiger partial charge is 0.241 e. The van der Waals surface area contributed by atoms with E-state index < -0.39 is 6.04 Å². The predicted molar refractivity (Wildman–Crippen MR) is 78.5 cm³/mol. The number of nitrogens with two attached hydrogens (primary N) is 1. The molecule has 4 nitrogen and oxygen atoms in total. The van der Waals surface area contributed by atoms with Crippen molar-refractivity contribution in [3.8, 4) is 6.07 Å². The van der Waals surface area contributed by atoms with Crippen LogP contribution in [0.3, 0.4) is 0 Å². The summed E-state index contributed by atoms with van der Waals surface area (Å²) in [5.74, 6) is 0.572. The number of anilines is 1. The summed E-state index contributed by atoms with van der Waals surface area (Å²) in [4.78, 5) is 11.8. The average Bonchev–Trinajstić information content (AvgIpc) is 2.37. The molecule has 1 aromatic rings. The van der Waals surface area contributed by atoms with Gasteiger partial charge in [0.15, 0.2) is 0 Å². The number of rotatable bonds is 5. The van der Waals surface area contributed by atoms with Crippen molar-refractivity contribution in [2.75, 3.05) is 17.3 Å². The van der Waals surface area contributed by atoms with Crippen LogP contribution in [0.5, 0.6) is 0 Å². The molecule has 0 aliphatic rings. The summed E-state index contributed by atoms with van der Waals surface area (Å²) >= 11 is 4.92. The molecule has 0 bridgehead atoms. The molecule has 0 fully saturated rings. The molecule has 0 saturated carbocycles. The molecule has 3 N–H and O–H groups in total. The molecule has 0 aromatic heterocycles. The van der Waals surface area contributed by atoms with Crippen molar-refractivity contribution in [2.24, 2.45) is 5.73 Å². The third-order valence-corrected chi connectivity index (χ3v) is 3.47. The van der Waals surface area contributed by atoms with Crippen molar-refractivity contribution in [3.63, 3.8) is 0 Å². The molecule has 0 unspecified atom stereocenters. The first-order valence-electron chi connectivity index (χ1n) is 5.33. The summed E-state index contributed by atoms with van der Waals surface area (Å²) in [5.41, 5.74) is 6.66. The second-order valence-corrected chi connectivity index (χ2v) is 5.58. The monoisotopic (exact) mass is 327 g/mol. The first-order chi connectivity index (χ1) is 8.58. The number of hydrogen-bond acceptors (Lipinski definition) is 4. The van der Waals surface area contributed by atoms with Crippen LogP contribution in [0.2, 0.25) is 0 Å². The Morgan fingerprint density at radius 2 is 2.39 bits per heavy atom. The van der Waals surface area contributed by atoms with Crippen LogP contribution in [-0.2, 0) is 4.79 Å². The van der Waals surface area contributed by atoms with E-state index in [0.29, 0.717) is 17.7 Å². The van der Waals surface area contributed by atoms with Crippen molar-refractivity contribution in [1.82, 2.24) is 0 Å². The lowest BCUT2D eigenvalue weighted by atomic mass is 10.1. The molecular formula is C12H14BrN3OS. The first kappa shape index (κ1) is 15.0. The van der Waals surface area contributed by atoms with E-state index in [4.69, 9.17) is 11.0 Å². The zero-order valence-electron chi connectivity index (χ0n) is 9.94. The lowest BCUT2D eigenvalue weighted by Gasteiger charge is -2.12. The van der Waals surface area contributed by atoms with Gasteiger partial charge in [-0.2, -0.15) is 17.0 Å². The minimum absolute atomic E-state index is 0.261. The van der Waals surface area contributed by atoms with E-state index in [-0.39, 0.29) is 5.91 Å². The summed E-state index contributed by atoms with van der Waals surface area (Å²) in [5, 5.41) is 11.7. The van der Waals surface area contributed by atoms with E-state index in [0.717, 1.165) is 10.2 Å². The highest BCUT2D eigenvalue weighted by atomic mass is 79.9. The molecule has 1 rings (SSSR count). The zero-order chi connectivity index (χ0) is 13.5. The van der Waals surface area contributed by atoms with E-state index in [2.05, 4.69) is 21.2 Å². The molecule has 0 heterocycles. The van der Waals surface area contributed by atoms with Crippen LogP contribution >= 0.6 is 27.7 Å². The second-order valence-electron chi connectivity index (χ2n) is 3.68. The quantitative estimate of drug-likeness (QED) is 0.869. The van der Waals surface area contributed by atoms with Crippen molar-refractivity contribution >= 4 is 39.3 Å². The van der Waals surface area contributed by atoms with Gasteiger partial charge in [0.25, 0.3) is 0 Å². The highest BCUT2D eigenvalue weighted by Crippen LogP contribution is 2.20. The molecule has 96 valence electrons. The summed E-state index contributed by atoms with van der Waals surface area (Å²) in [6.45, 7) is 0. The molecule has 18 heavy (non-hydrogen) atoms. The fourth-order valence-electron chi connectivity index (χ4n) is 1.32. The van der Waals surface area contributed by atoms with Gasteiger partial charge in [0.05, 0.1) is 17.3 Å². The Hall–Kier alpha value is -1.03. The minimum atomic E-state index is -0.548. The summed E-state index contributed by atoms with van der Waals surface area (Å²) < 4.78 is 0.795. The highest BCUT2D eigenvalue weighted by molar-refractivity contribution is 9.10. The number of amides is 1. The molecule has 0 aliphatic carbocycles. The Morgan fingerprint density at radius 3 is 3.00 bits per heavy atom. The van der Waals surface area contributed by atoms with Crippen LogP contribution in [0, 0.1) is 11.3 Å². The van der Waals surface area contributed by atoms with Gasteiger partial charge in [0, 0.05) is 4.47 Å². The highest BCUT2D eigenvalue weighted by Gasteiger charge is 2.14. The predicted octanol–water partition coefficient (Wildman–Crippen LogP) is 2.34. The Labute approximate surface area is 119 Å². The van der Waals surface area contributed by atoms with Gasteiger partial charge in [-0.3, -0.25) is 4.79 Å². The number of nitrogens with zero attached hydrogens (tertiary/aromatic N) is 1. The lowest BCUT2D eigenvalue weighted by molar-refractivity contribution is -0.117. The molecule has 0 spiro atoms. The van der Waals surface area contributed by atoms with Crippen molar-refractivity contribution in [1.29, 1.82) is 5.26 Å². The van der Waals surface area contributed by atoms with Crippen LogP contribution in [0.15, 0.2) is 22.7 Å². The van der Waals surface area contributed by atoms with Gasteiger partial charge >= 0.3 is 0 Å². The maximum atomic E-state index is 11.8. The fourth-order valence-corrected chi connectivity index (χ4v) is 2.17. The Bertz CT molecular complexity index is 473. The van der Waals surface area contributed by atoms with Gasteiger partial charge in [-0.05, 0) is 36.6 Å². The van der Waals surface area contributed by atoms with Crippen LogP contribution in [-0.4, -0.2) is 24.0 Å². The Balaban J connectivity index is 2.73. The van der Waals surface area contributed by atoms with Gasteiger partial charge in [-0.25, -0.2) is 0 Å². The fraction of sp³-hybridized carbons (Fsp3) is 0.333. The van der Waals surface area contributed by atoms with Crippen LogP contribution in [0.4, 0.5) is 5.69 Å². The van der Waals surface area contributed by atoms with Gasteiger partial charge < -0.3 is 11.1 Å². The number of halogens is 1. The number of carbonyl (C=O) groups is 1. The molecule has 0 radical (unpaired) electrons. The average molecular weight is 328 g/mol. The van der Waals surface area contributed by atoms with Crippen LogP contribution < -0.4 is 11.1 Å². The molecule has 1 amide bonds. The van der Waals surface area contributed by atoms with Gasteiger partial charge in [0.1, 0.15) is 6.07 Å². The first-order valence-corrected chi connectivity index (χ1v) is 7.52. The topological polar surface area (TPSA) is 78.9 Å². The number of hydrogen-bond donors (Lipinski definition) is 2. The van der Waals surface area contributed by atoms with Crippen molar-refractivity contribution < 1.29 is 4.79 Å². The lowest BCUT2D eigenvalue weighted by Crippen LogP contribution is -2.36. The van der Waals surface area contributed by atoms with Gasteiger partial charge in [0.2, 0.25) is 5.91 Å². The summed E-state index contributed by atoms with van der Waals surface area (Å²) in [7, 11) is 0. The van der Waals surface area contributed by atoms with E-state index >= 15 is 0 Å². The SMILES string of the molecule is CSCC[C@H](N)C(=O)Nc1ccc(Br)cc1C#N. The summed E-state index contributed by atoms with van der Waals surface area (Å²) in [6, 6.07) is 6.59. The van der Waals surface area contributed by atoms with Gasteiger partial charge in [-0.15, -0.1) is 0 Å². The molecule has 6 heteroatoms. The number of thioether (sulfide) groups is 1. The Morgan fingerprint density at radius 1 is 1.67 bits per heavy atom. The molecule has 0 aliphatic heterocycles. The van der Waals surface area contributed by atoms with Crippen LogP contribution in [0.25, 0.3) is 0 Å². The Kier molecular flexibility index (Phi) is 6.19. The van der Waals surface area contributed by atoms with E-state index in [1.165, 1.54) is 0 Å². The number of carbonyl (C=O) groups excluding carboxylic acids is 1.